The zero-order valence-corrected chi connectivity index (χ0v) is 19.7. The van der Waals surface area contributed by atoms with Crippen LogP contribution in [0.3, 0.4) is 0 Å². The van der Waals surface area contributed by atoms with Gasteiger partial charge in [-0.2, -0.15) is 5.26 Å². The maximum atomic E-state index is 12.7. The van der Waals surface area contributed by atoms with Gasteiger partial charge in [0.25, 0.3) is 5.91 Å². The number of rotatable bonds is 7. The van der Waals surface area contributed by atoms with Crippen LogP contribution in [0.5, 0.6) is 11.5 Å². The molecule has 0 saturated carbocycles. The third-order valence-electron chi connectivity index (χ3n) is 5.38. The summed E-state index contributed by atoms with van der Waals surface area (Å²) in [5.41, 5.74) is 7.06. The van der Waals surface area contributed by atoms with Gasteiger partial charge in [-0.15, -0.1) is 0 Å². The smallest absolute Gasteiger partial charge is 0.266 e. The summed E-state index contributed by atoms with van der Waals surface area (Å²) in [5, 5.41) is 12.3. The van der Waals surface area contributed by atoms with Crippen molar-refractivity contribution in [3.05, 3.63) is 93.6 Å². The van der Waals surface area contributed by atoms with E-state index in [1.807, 2.05) is 43.3 Å². The second kappa shape index (κ2) is 10.5. The molecule has 0 aliphatic rings. The van der Waals surface area contributed by atoms with Crippen LogP contribution >= 0.6 is 0 Å². The average molecular weight is 441 g/mol. The first-order chi connectivity index (χ1) is 15.8. The highest BCUT2D eigenvalue weighted by atomic mass is 16.5. The van der Waals surface area contributed by atoms with Crippen LogP contribution in [0.25, 0.3) is 6.08 Å². The molecule has 0 atom stereocenters. The number of amides is 1. The zero-order chi connectivity index (χ0) is 24.0. The van der Waals surface area contributed by atoms with Crippen molar-refractivity contribution in [2.75, 3.05) is 12.4 Å². The molecular formula is C28H28N2O3. The van der Waals surface area contributed by atoms with Gasteiger partial charge in [-0.05, 0) is 85.9 Å². The van der Waals surface area contributed by atoms with Gasteiger partial charge in [-0.25, -0.2) is 0 Å². The molecule has 0 fully saturated rings. The van der Waals surface area contributed by atoms with Crippen molar-refractivity contribution < 1.29 is 14.3 Å². The maximum absolute atomic E-state index is 12.7. The number of methoxy groups -OCH3 is 1. The van der Waals surface area contributed by atoms with E-state index in [-0.39, 0.29) is 5.57 Å². The van der Waals surface area contributed by atoms with E-state index in [0.29, 0.717) is 18.0 Å². The van der Waals surface area contributed by atoms with Crippen molar-refractivity contribution in [3.8, 4) is 17.6 Å². The van der Waals surface area contributed by atoms with Crippen molar-refractivity contribution in [2.24, 2.45) is 0 Å². The molecule has 0 aliphatic heterocycles. The van der Waals surface area contributed by atoms with Crippen molar-refractivity contribution in [1.82, 2.24) is 0 Å². The first kappa shape index (κ1) is 23.6. The lowest BCUT2D eigenvalue weighted by Crippen LogP contribution is -2.14. The molecule has 0 bridgehead atoms. The lowest BCUT2D eigenvalue weighted by Gasteiger charge is -2.13. The zero-order valence-electron chi connectivity index (χ0n) is 19.7. The third kappa shape index (κ3) is 6.02. The minimum Gasteiger partial charge on any atom is -0.495 e. The number of anilines is 1. The van der Waals surface area contributed by atoms with Crippen LogP contribution < -0.4 is 14.8 Å². The monoisotopic (exact) mass is 440 g/mol. The van der Waals surface area contributed by atoms with E-state index in [1.54, 1.807) is 18.2 Å². The number of hydrogen-bond acceptors (Lipinski definition) is 4. The lowest BCUT2D eigenvalue weighted by atomic mass is 10.0. The van der Waals surface area contributed by atoms with Gasteiger partial charge in [0.1, 0.15) is 29.7 Å². The molecule has 0 unspecified atom stereocenters. The summed E-state index contributed by atoms with van der Waals surface area (Å²) >= 11 is 0. The van der Waals surface area contributed by atoms with Gasteiger partial charge in [0.15, 0.2) is 0 Å². The van der Waals surface area contributed by atoms with Crippen LogP contribution in [0.4, 0.5) is 5.69 Å². The highest BCUT2D eigenvalue weighted by molar-refractivity contribution is 6.10. The van der Waals surface area contributed by atoms with Crippen LogP contribution in [-0.4, -0.2) is 13.0 Å². The van der Waals surface area contributed by atoms with Crippen molar-refractivity contribution in [2.45, 2.75) is 34.3 Å². The second-order valence-corrected chi connectivity index (χ2v) is 8.06. The van der Waals surface area contributed by atoms with Gasteiger partial charge >= 0.3 is 0 Å². The SMILES string of the molecule is COc1ccc(C)cc1NC(=O)/C(C#N)=C/c1ccc(OCc2c(C)cc(C)cc2C)cc1. The Labute approximate surface area is 195 Å². The molecule has 33 heavy (non-hydrogen) atoms. The molecule has 5 heteroatoms. The summed E-state index contributed by atoms with van der Waals surface area (Å²) < 4.78 is 11.3. The first-order valence-electron chi connectivity index (χ1n) is 10.7. The van der Waals surface area contributed by atoms with Crippen LogP contribution in [0.2, 0.25) is 0 Å². The summed E-state index contributed by atoms with van der Waals surface area (Å²) in [7, 11) is 1.53. The number of nitrogens with one attached hydrogen (secondary N) is 1. The molecule has 5 nitrogen and oxygen atoms in total. The molecule has 1 amide bonds. The number of aryl methyl sites for hydroxylation is 4. The van der Waals surface area contributed by atoms with Crippen LogP contribution in [0.15, 0.2) is 60.2 Å². The predicted molar refractivity (Wildman–Crippen MR) is 131 cm³/mol. The Bertz CT molecular complexity index is 1210. The fourth-order valence-corrected chi connectivity index (χ4v) is 3.68. The average Bonchev–Trinajstić information content (AvgIpc) is 2.77. The first-order valence-corrected chi connectivity index (χ1v) is 10.7. The van der Waals surface area contributed by atoms with Crippen molar-refractivity contribution in [3.63, 3.8) is 0 Å². The van der Waals surface area contributed by atoms with Gasteiger partial charge in [-0.3, -0.25) is 4.79 Å². The Balaban J connectivity index is 1.70. The summed E-state index contributed by atoms with van der Waals surface area (Å²) in [5.74, 6) is 0.762. The fourth-order valence-electron chi connectivity index (χ4n) is 3.68. The van der Waals surface area contributed by atoms with Crippen molar-refractivity contribution in [1.29, 1.82) is 5.26 Å². The number of ether oxygens (including phenoxy) is 2. The molecule has 0 aliphatic carbocycles. The molecule has 3 aromatic carbocycles. The largest absolute Gasteiger partial charge is 0.495 e. The quantitative estimate of drug-likeness (QED) is 0.358. The molecule has 0 heterocycles. The molecule has 0 spiro atoms. The van der Waals surface area contributed by atoms with E-state index >= 15 is 0 Å². The summed E-state index contributed by atoms with van der Waals surface area (Å²) in [6, 6.07) is 19.1. The van der Waals surface area contributed by atoms with Gasteiger partial charge in [0, 0.05) is 0 Å². The summed E-state index contributed by atoms with van der Waals surface area (Å²) in [6.07, 6.45) is 1.55. The molecule has 0 radical (unpaired) electrons. The van der Waals surface area contributed by atoms with E-state index in [4.69, 9.17) is 9.47 Å². The highest BCUT2D eigenvalue weighted by Crippen LogP contribution is 2.26. The minimum atomic E-state index is -0.493. The molecular weight excluding hydrogens is 412 g/mol. The Morgan fingerprint density at radius 3 is 2.24 bits per heavy atom. The molecule has 0 saturated heterocycles. The van der Waals surface area contributed by atoms with E-state index < -0.39 is 5.91 Å². The molecule has 1 N–H and O–H groups in total. The maximum Gasteiger partial charge on any atom is 0.266 e. The topological polar surface area (TPSA) is 71.3 Å². The summed E-state index contributed by atoms with van der Waals surface area (Å²) in [6.45, 7) is 8.67. The van der Waals surface area contributed by atoms with Crippen LogP contribution in [-0.2, 0) is 11.4 Å². The number of carbonyl (C=O) groups is 1. The minimum absolute atomic E-state index is 0.00173. The number of nitriles is 1. The second-order valence-electron chi connectivity index (χ2n) is 8.06. The van der Waals surface area contributed by atoms with Gasteiger partial charge in [-0.1, -0.05) is 35.9 Å². The molecule has 168 valence electrons. The van der Waals surface area contributed by atoms with E-state index in [9.17, 15) is 10.1 Å². The standard InChI is InChI=1S/C28H28N2O3/c1-18-6-11-27(32-5)26(14-18)30-28(31)23(16-29)15-22-7-9-24(10-8-22)33-17-25-20(3)12-19(2)13-21(25)4/h6-15H,17H2,1-5H3,(H,30,31)/b23-15+. The number of benzene rings is 3. The number of hydrogen-bond donors (Lipinski definition) is 1. The highest BCUT2D eigenvalue weighted by Gasteiger charge is 2.13. The van der Waals surface area contributed by atoms with E-state index in [2.05, 4.69) is 38.2 Å². The number of nitrogens with zero attached hydrogens (tertiary/aromatic N) is 1. The van der Waals surface area contributed by atoms with Crippen LogP contribution in [0, 0.1) is 39.0 Å². The Morgan fingerprint density at radius 2 is 1.64 bits per heavy atom. The fraction of sp³-hybridized carbons (Fsp3) is 0.214. The van der Waals surface area contributed by atoms with Gasteiger partial charge in [0.05, 0.1) is 12.8 Å². The normalized spacial score (nSPS) is 11.0. The lowest BCUT2D eigenvalue weighted by molar-refractivity contribution is -0.112. The Hall–Kier alpha value is -4.04. The van der Waals surface area contributed by atoms with Crippen molar-refractivity contribution >= 4 is 17.7 Å². The predicted octanol–water partition coefficient (Wildman–Crippen LogP) is 6.05. The third-order valence-corrected chi connectivity index (χ3v) is 5.38. The van der Waals surface area contributed by atoms with Crippen LogP contribution in [0.1, 0.15) is 33.4 Å². The molecule has 3 rings (SSSR count). The van der Waals surface area contributed by atoms with E-state index in [0.717, 1.165) is 16.9 Å². The Kier molecular flexibility index (Phi) is 7.53. The molecule has 3 aromatic rings. The Morgan fingerprint density at radius 1 is 0.970 bits per heavy atom. The van der Waals surface area contributed by atoms with Gasteiger partial charge in [0.2, 0.25) is 0 Å². The molecule has 0 aromatic heterocycles. The number of carbonyl (C=O) groups excluding carboxylic acids is 1. The summed E-state index contributed by atoms with van der Waals surface area (Å²) in [4.78, 5) is 12.7. The van der Waals surface area contributed by atoms with Gasteiger partial charge < -0.3 is 14.8 Å². The van der Waals surface area contributed by atoms with E-state index in [1.165, 1.54) is 29.4 Å².